The molecule has 1 aliphatic rings. The topological polar surface area (TPSA) is 37.4 Å². The lowest BCUT2D eigenvalue weighted by atomic mass is 10.1. The second-order valence-electron chi connectivity index (χ2n) is 7.32. The van der Waals surface area contributed by atoms with E-state index in [1.807, 2.05) is 55.5 Å². The van der Waals surface area contributed by atoms with Gasteiger partial charge < -0.3 is 0 Å². The van der Waals surface area contributed by atoms with Crippen LogP contribution in [0.3, 0.4) is 0 Å². The number of rotatable bonds is 8. The number of thioether (sulfide) groups is 1. The van der Waals surface area contributed by atoms with Crippen molar-refractivity contribution < 1.29 is 8.42 Å². The summed E-state index contributed by atoms with van der Waals surface area (Å²) in [4.78, 5) is 0.373. The molecule has 0 saturated carbocycles. The third-order valence-corrected chi connectivity index (χ3v) is 8.19. The number of aryl methyl sites for hydroxylation is 1. The molecule has 28 heavy (non-hydrogen) atoms. The van der Waals surface area contributed by atoms with Crippen LogP contribution in [0.25, 0.3) is 6.08 Å². The summed E-state index contributed by atoms with van der Waals surface area (Å²) in [5.41, 5.74) is 2.09. The van der Waals surface area contributed by atoms with Crippen LogP contribution in [0.1, 0.15) is 50.2 Å². The van der Waals surface area contributed by atoms with Gasteiger partial charge in [0.15, 0.2) is 0 Å². The zero-order valence-corrected chi connectivity index (χ0v) is 18.3. The molecule has 1 heterocycles. The third kappa shape index (κ3) is 5.00. The molecular weight excluding hydrogens is 386 g/mol. The highest BCUT2D eigenvalue weighted by molar-refractivity contribution is 8.04. The second-order valence-corrected chi connectivity index (χ2v) is 10.2. The summed E-state index contributed by atoms with van der Waals surface area (Å²) >= 11 is 1.65. The smallest absolute Gasteiger partial charge is 0.257 e. The highest BCUT2D eigenvalue weighted by Gasteiger charge is 2.38. The third-order valence-electron chi connectivity index (χ3n) is 5.03. The first-order valence-electron chi connectivity index (χ1n) is 10.0. The maximum absolute atomic E-state index is 13.5. The van der Waals surface area contributed by atoms with E-state index in [2.05, 4.69) is 6.92 Å². The van der Waals surface area contributed by atoms with Crippen molar-refractivity contribution in [3.8, 4) is 0 Å². The maximum atomic E-state index is 13.5. The van der Waals surface area contributed by atoms with E-state index in [9.17, 15) is 8.42 Å². The maximum Gasteiger partial charge on any atom is 0.264 e. The van der Waals surface area contributed by atoms with E-state index in [1.165, 1.54) is 12.8 Å². The Bertz CT molecular complexity index is 890. The predicted octanol–water partition coefficient (Wildman–Crippen LogP) is 6.07. The summed E-state index contributed by atoms with van der Waals surface area (Å²) in [6, 6.07) is 17.2. The standard InChI is InChI=1S/C23H29NO2S2/c1-3-4-5-9-12-21-18-27-23(17-20-10-7-6-8-11-20)24(21)28(25,26)22-15-13-19(2)14-16-22/h6-8,10-11,13-17,21H,3-5,9,12,18H2,1-2H3. The molecule has 0 radical (unpaired) electrons. The Morgan fingerprint density at radius 2 is 1.75 bits per heavy atom. The molecule has 0 aromatic heterocycles. The summed E-state index contributed by atoms with van der Waals surface area (Å²) in [6.45, 7) is 4.17. The first-order chi connectivity index (χ1) is 13.5. The average molecular weight is 416 g/mol. The molecule has 0 aliphatic carbocycles. The Morgan fingerprint density at radius 3 is 2.43 bits per heavy atom. The Kier molecular flexibility index (Phi) is 7.24. The number of hydrogen-bond acceptors (Lipinski definition) is 3. The normalized spacial score (nSPS) is 18.7. The molecule has 1 fully saturated rings. The van der Waals surface area contributed by atoms with Crippen LogP contribution in [0, 0.1) is 6.92 Å². The lowest BCUT2D eigenvalue weighted by Crippen LogP contribution is -2.35. The molecule has 0 N–H and O–H groups in total. The van der Waals surface area contributed by atoms with E-state index in [0.29, 0.717) is 4.90 Å². The van der Waals surface area contributed by atoms with Crippen LogP contribution in [0.2, 0.25) is 0 Å². The molecule has 150 valence electrons. The van der Waals surface area contributed by atoms with Gasteiger partial charge in [0, 0.05) is 5.75 Å². The van der Waals surface area contributed by atoms with E-state index < -0.39 is 10.0 Å². The zero-order chi connectivity index (χ0) is 20.0. The molecule has 1 unspecified atom stereocenters. The molecule has 0 amide bonds. The van der Waals surface area contributed by atoms with Gasteiger partial charge >= 0.3 is 0 Å². The molecule has 3 nitrogen and oxygen atoms in total. The fraction of sp³-hybridized carbons (Fsp3) is 0.391. The highest BCUT2D eigenvalue weighted by Crippen LogP contribution is 2.40. The lowest BCUT2D eigenvalue weighted by molar-refractivity contribution is 0.399. The quantitative estimate of drug-likeness (QED) is 0.491. The van der Waals surface area contributed by atoms with Gasteiger partial charge in [0.05, 0.1) is 16.0 Å². The molecule has 0 spiro atoms. The Labute approximate surface area is 173 Å². The van der Waals surface area contributed by atoms with Crippen LogP contribution in [0.4, 0.5) is 0 Å². The van der Waals surface area contributed by atoms with Crippen molar-refractivity contribution >= 4 is 27.9 Å². The second kappa shape index (κ2) is 9.66. The Hall–Kier alpha value is -1.72. The summed E-state index contributed by atoms with van der Waals surface area (Å²) < 4.78 is 28.7. The van der Waals surface area contributed by atoms with E-state index in [-0.39, 0.29) is 6.04 Å². The van der Waals surface area contributed by atoms with Gasteiger partial charge in [-0.15, -0.1) is 11.8 Å². The van der Waals surface area contributed by atoms with Gasteiger partial charge in [-0.25, -0.2) is 8.42 Å². The SMILES string of the molecule is CCCCCCC1CSC(=Cc2ccccc2)N1S(=O)(=O)c1ccc(C)cc1. The number of nitrogens with zero attached hydrogens (tertiary/aromatic N) is 1. The molecule has 5 heteroatoms. The largest absolute Gasteiger partial charge is 0.264 e. The van der Waals surface area contributed by atoms with Gasteiger partial charge in [-0.05, 0) is 37.1 Å². The minimum Gasteiger partial charge on any atom is -0.257 e. The molecule has 1 saturated heterocycles. The Balaban J connectivity index is 1.92. The van der Waals surface area contributed by atoms with Crippen LogP contribution in [0.5, 0.6) is 0 Å². The van der Waals surface area contributed by atoms with Crippen molar-refractivity contribution in [3.63, 3.8) is 0 Å². The monoisotopic (exact) mass is 415 g/mol. The van der Waals surface area contributed by atoms with Crippen molar-refractivity contribution in [3.05, 3.63) is 70.8 Å². The molecule has 1 aliphatic heterocycles. The molecule has 0 bridgehead atoms. The van der Waals surface area contributed by atoms with Gasteiger partial charge in [-0.3, -0.25) is 4.31 Å². The van der Waals surface area contributed by atoms with Crippen molar-refractivity contribution in [1.82, 2.24) is 4.31 Å². The number of unbranched alkanes of at least 4 members (excludes halogenated alkanes) is 3. The fourth-order valence-electron chi connectivity index (χ4n) is 3.44. The van der Waals surface area contributed by atoms with E-state index in [1.54, 1.807) is 28.2 Å². The average Bonchev–Trinajstić information content (AvgIpc) is 3.09. The lowest BCUT2D eigenvalue weighted by Gasteiger charge is -2.26. The van der Waals surface area contributed by atoms with Crippen molar-refractivity contribution in [2.45, 2.75) is 56.9 Å². The van der Waals surface area contributed by atoms with Crippen molar-refractivity contribution in [2.75, 3.05) is 5.75 Å². The van der Waals surface area contributed by atoms with E-state index in [0.717, 1.165) is 41.2 Å². The van der Waals surface area contributed by atoms with Gasteiger partial charge in [0.25, 0.3) is 10.0 Å². The van der Waals surface area contributed by atoms with E-state index >= 15 is 0 Å². The number of sulfonamides is 1. The van der Waals surface area contributed by atoms with Gasteiger partial charge in [-0.2, -0.15) is 0 Å². The van der Waals surface area contributed by atoms with Gasteiger partial charge in [0.1, 0.15) is 0 Å². The van der Waals surface area contributed by atoms with Gasteiger partial charge in [-0.1, -0.05) is 80.6 Å². The van der Waals surface area contributed by atoms with Crippen molar-refractivity contribution in [1.29, 1.82) is 0 Å². The van der Waals surface area contributed by atoms with Crippen LogP contribution >= 0.6 is 11.8 Å². The fourth-order valence-corrected chi connectivity index (χ4v) is 6.73. The molecule has 3 rings (SSSR count). The summed E-state index contributed by atoms with van der Waals surface area (Å²) in [5.74, 6) is 0.815. The summed E-state index contributed by atoms with van der Waals surface area (Å²) in [7, 11) is -3.57. The van der Waals surface area contributed by atoms with Crippen molar-refractivity contribution in [2.24, 2.45) is 0 Å². The van der Waals surface area contributed by atoms with Crippen LogP contribution in [-0.4, -0.2) is 24.5 Å². The first kappa shape index (κ1) is 21.0. The van der Waals surface area contributed by atoms with Gasteiger partial charge in [0.2, 0.25) is 0 Å². The molecule has 2 aromatic carbocycles. The summed E-state index contributed by atoms with van der Waals surface area (Å²) in [5, 5.41) is 0.826. The minimum absolute atomic E-state index is 0.0168. The molecule has 1 atom stereocenters. The Morgan fingerprint density at radius 1 is 1.04 bits per heavy atom. The minimum atomic E-state index is -3.57. The van der Waals surface area contributed by atoms with Crippen LogP contribution in [0.15, 0.2) is 64.5 Å². The number of benzene rings is 2. The van der Waals surface area contributed by atoms with Crippen LogP contribution in [-0.2, 0) is 10.0 Å². The molecule has 2 aromatic rings. The molecular formula is C23H29NO2S2. The first-order valence-corrected chi connectivity index (χ1v) is 12.5. The summed E-state index contributed by atoms with van der Waals surface area (Å²) in [6.07, 6.45) is 7.53. The zero-order valence-electron chi connectivity index (χ0n) is 16.7. The predicted molar refractivity (Wildman–Crippen MR) is 120 cm³/mol. The van der Waals surface area contributed by atoms with E-state index in [4.69, 9.17) is 0 Å². The number of hydrogen-bond donors (Lipinski definition) is 0. The highest BCUT2D eigenvalue weighted by atomic mass is 32.2. The van der Waals surface area contributed by atoms with Crippen LogP contribution < -0.4 is 0 Å².